The molecule has 0 aromatic rings. The van der Waals surface area contributed by atoms with Crippen LogP contribution in [-0.2, 0) is 4.79 Å². The van der Waals surface area contributed by atoms with Gasteiger partial charge in [0.2, 0.25) is 5.91 Å². The van der Waals surface area contributed by atoms with Gasteiger partial charge in [-0.2, -0.15) is 0 Å². The lowest BCUT2D eigenvalue weighted by Crippen LogP contribution is -2.37. The number of hydrogen-bond donors (Lipinski definition) is 2. The van der Waals surface area contributed by atoms with E-state index in [0.29, 0.717) is 25.6 Å². The van der Waals surface area contributed by atoms with Crippen LogP contribution in [0.2, 0.25) is 0 Å². The van der Waals surface area contributed by atoms with Crippen molar-refractivity contribution in [3.05, 3.63) is 0 Å². The molecular formula is C14H30N2O2. The van der Waals surface area contributed by atoms with Crippen molar-refractivity contribution in [2.45, 2.75) is 58.9 Å². The Morgan fingerprint density at radius 3 is 2.50 bits per heavy atom. The average Bonchev–Trinajstić information content (AvgIpc) is 2.32. The van der Waals surface area contributed by atoms with Crippen LogP contribution >= 0.6 is 0 Å². The fraction of sp³-hybridized carbons (Fsp3) is 0.929. The smallest absolute Gasteiger partial charge is 0.223 e. The van der Waals surface area contributed by atoms with Crippen molar-refractivity contribution in [3.63, 3.8) is 0 Å². The Kier molecular flexibility index (Phi) is 11.1. The molecule has 0 saturated heterocycles. The lowest BCUT2D eigenvalue weighted by Gasteiger charge is -2.22. The molecule has 0 spiro atoms. The maximum atomic E-state index is 12.0. The number of aliphatic hydroxyl groups is 1. The van der Waals surface area contributed by atoms with Gasteiger partial charge in [0.15, 0.2) is 0 Å². The monoisotopic (exact) mass is 258 g/mol. The van der Waals surface area contributed by atoms with Crippen LogP contribution in [0.4, 0.5) is 0 Å². The summed E-state index contributed by atoms with van der Waals surface area (Å²) in [6, 6.07) is 0.411. The SMILES string of the molecule is CCCCCCN(CCO)C(=O)CCNC(C)C. The molecule has 18 heavy (non-hydrogen) atoms. The summed E-state index contributed by atoms with van der Waals surface area (Å²) in [5.41, 5.74) is 0. The third-order valence-corrected chi connectivity index (χ3v) is 2.90. The highest BCUT2D eigenvalue weighted by molar-refractivity contribution is 5.76. The summed E-state index contributed by atoms with van der Waals surface area (Å²) in [6.45, 7) is 8.33. The van der Waals surface area contributed by atoms with Crippen LogP contribution in [0.1, 0.15) is 52.9 Å². The number of unbranched alkanes of at least 4 members (excludes halogenated alkanes) is 3. The van der Waals surface area contributed by atoms with E-state index in [9.17, 15) is 4.79 Å². The molecule has 1 amide bonds. The Morgan fingerprint density at radius 2 is 1.94 bits per heavy atom. The molecule has 0 atom stereocenters. The van der Waals surface area contributed by atoms with Crippen LogP contribution in [0.3, 0.4) is 0 Å². The van der Waals surface area contributed by atoms with Crippen LogP contribution < -0.4 is 5.32 Å². The minimum absolute atomic E-state index is 0.0527. The van der Waals surface area contributed by atoms with Gasteiger partial charge in [0.25, 0.3) is 0 Å². The molecule has 0 rings (SSSR count). The molecule has 0 radical (unpaired) electrons. The van der Waals surface area contributed by atoms with E-state index in [1.165, 1.54) is 12.8 Å². The van der Waals surface area contributed by atoms with E-state index in [0.717, 1.165) is 19.4 Å². The zero-order valence-corrected chi connectivity index (χ0v) is 12.2. The molecule has 108 valence electrons. The molecule has 4 nitrogen and oxygen atoms in total. The van der Waals surface area contributed by atoms with E-state index in [-0.39, 0.29) is 12.5 Å². The van der Waals surface area contributed by atoms with E-state index >= 15 is 0 Å². The molecule has 0 bridgehead atoms. The summed E-state index contributed by atoms with van der Waals surface area (Å²) >= 11 is 0. The highest BCUT2D eigenvalue weighted by atomic mass is 16.3. The Labute approximate surface area is 112 Å². The summed E-state index contributed by atoms with van der Waals surface area (Å²) in [6.07, 6.45) is 5.14. The van der Waals surface area contributed by atoms with E-state index in [1.807, 2.05) is 0 Å². The van der Waals surface area contributed by atoms with Crippen LogP contribution in [-0.4, -0.2) is 48.2 Å². The molecule has 0 fully saturated rings. The lowest BCUT2D eigenvalue weighted by atomic mass is 10.2. The van der Waals surface area contributed by atoms with Gasteiger partial charge in [-0.05, 0) is 6.42 Å². The maximum Gasteiger partial charge on any atom is 0.223 e. The van der Waals surface area contributed by atoms with Gasteiger partial charge in [0.05, 0.1) is 6.61 Å². The maximum absolute atomic E-state index is 12.0. The Hall–Kier alpha value is -0.610. The Balaban J connectivity index is 3.86. The van der Waals surface area contributed by atoms with Gasteiger partial charge >= 0.3 is 0 Å². The fourth-order valence-electron chi connectivity index (χ4n) is 1.84. The number of carbonyl (C=O) groups excluding carboxylic acids is 1. The molecule has 0 unspecified atom stereocenters. The highest BCUT2D eigenvalue weighted by Crippen LogP contribution is 2.03. The number of carbonyl (C=O) groups is 1. The number of hydrogen-bond acceptors (Lipinski definition) is 3. The van der Waals surface area contributed by atoms with E-state index in [2.05, 4.69) is 26.1 Å². The third kappa shape index (κ3) is 9.42. The second-order valence-electron chi connectivity index (χ2n) is 5.02. The van der Waals surface area contributed by atoms with Crippen LogP contribution in [0.5, 0.6) is 0 Å². The van der Waals surface area contributed by atoms with Crippen LogP contribution in [0.15, 0.2) is 0 Å². The van der Waals surface area contributed by atoms with Gasteiger partial charge in [-0.1, -0.05) is 40.0 Å². The minimum atomic E-state index is 0.0527. The standard InChI is InChI=1S/C14H30N2O2/c1-4-5-6-7-10-16(11-12-17)14(18)8-9-15-13(2)3/h13,15,17H,4-12H2,1-3H3. The molecule has 0 aromatic carbocycles. The van der Waals surface area contributed by atoms with Crippen molar-refractivity contribution >= 4 is 5.91 Å². The zero-order valence-electron chi connectivity index (χ0n) is 12.2. The number of aliphatic hydroxyl groups excluding tert-OH is 1. The first-order valence-corrected chi connectivity index (χ1v) is 7.23. The second kappa shape index (κ2) is 11.5. The topological polar surface area (TPSA) is 52.6 Å². The second-order valence-corrected chi connectivity index (χ2v) is 5.02. The molecule has 2 N–H and O–H groups in total. The number of amides is 1. The molecular weight excluding hydrogens is 228 g/mol. The van der Waals surface area contributed by atoms with Crippen molar-refractivity contribution in [1.29, 1.82) is 0 Å². The normalized spacial score (nSPS) is 10.9. The molecule has 0 aromatic heterocycles. The molecule has 0 saturated carbocycles. The predicted molar refractivity (Wildman–Crippen MR) is 75.6 cm³/mol. The van der Waals surface area contributed by atoms with Gasteiger partial charge in [0.1, 0.15) is 0 Å². The largest absolute Gasteiger partial charge is 0.395 e. The van der Waals surface area contributed by atoms with Gasteiger partial charge in [0, 0.05) is 32.1 Å². The lowest BCUT2D eigenvalue weighted by molar-refractivity contribution is -0.131. The van der Waals surface area contributed by atoms with Gasteiger partial charge < -0.3 is 15.3 Å². The van der Waals surface area contributed by atoms with Crippen LogP contribution in [0, 0.1) is 0 Å². The fourth-order valence-corrected chi connectivity index (χ4v) is 1.84. The van der Waals surface area contributed by atoms with Gasteiger partial charge in [-0.3, -0.25) is 4.79 Å². The van der Waals surface area contributed by atoms with Gasteiger partial charge in [-0.15, -0.1) is 0 Å². The first-order chi connectivity index (χ1) is 8.61. The Bertz CT molecular complexity index is 208. The first kappa shape index (κ1) is 17.4. The van der Waals surface area contributed by atoms with Crippen molar-refractivity contribution in [2.24, 2.45) is 0 Å². The summed E-state index contributed by atoms with van der Waals surface area (Å²) < 4.78 is 0. The third-order valence-electron chi connectivity index (χ3n) is 2.90. The number of nitrogens with one attached hydrogen (secondary N) is 1. The summed E-state index contributed by atoms with van der Waals surface area (Å²) in [5, 5.41) is 12.2. The van der Waals surface area contributed by atoms with Crippen molar-refractivity contribution in [1.82, 2.24) is 10.2 Å². The summed E-state index contributed by atoms with van der Waals surface area (Å²) in [7, 11) is 0. The predicted octanol–water partition coefficient (Wildman–Crippen LogP) is 1.78. The van der Waals surface area contributed by atoms with E-state index in [4.69, 9.17) is 5.11 Å². The van der Waals surface area contributed by atoms with Crippen LogP contribution in [0.25, 0.3) is 0 Å². The van der Waals surface area contributed by atoms with Crippen molar-refractivity contribution in [2.75, 3.05) is 26.2 Å². The summed E-state index contributed by atoms with van der Waals surface area (Å²) in [4.78, 5) is 13.7. The number of rotatable bonds is 11. The average molecular weight is 258 g/mol. The number of nitrogens with zero attached hydrogens (tertiary/aromatic N) is 1. The molecule has 0 aliphatic carbocycles. The summed E-state index contributed by atoms with van der Waals surface area (Å²) in [5.74, 6) is 0.147. The minimum Gasteiger partial charge on any atom is -0.395 e. The molecule has 4 heteroatoms. The molecule has 0 aliphatic rings. The van der Waals surface area contributed by atoms with Crippen molar-refractivity contribution < 1.29 is 9.90 Å². The first-order valence-electron chi connectivity index (χ1n) is 7.23. The molecule has 0 aliphatic heterocycles. The van der Waals surface area contributed by atoms with E-state index in [1.54, 1.807) is 4.90 Å². The zero-order chi connectivity index (χ0) is 13.8. The molecule has 0 heterocycles. The Morgan fingerprint density at radius 1 is 1.22 bits per heavy atom. The van der Waals surface area contributed by atoms with E-state index < -0.39 is 0 Å². The van der Waals surface area contributed by atoms with Crippen molar-refractivity contribution in [3.8, 4) is 0 Å². The van der Waals surface area contributed by atoms with Gasteiger partial charge in [-0.25, -0.2) is 0 Å². The highest BCUT2D eigenvalue weighted by Gasteiger charge is 2.12. The quantitative estimate of drug-likeness (QED) is 0.555.